The van der Waals surface area contributed by atoms with Gasteiger partial charge in [0.2, 0.25) is 11.1 Å². The molecule has 26 heavy (non-hydrogen) atoms. The zero-order valence-electron chi connectivity index (χ0n) is 13.9. The Balaban J connectivity index is 1.72. The van der Waals surface area contributed by atoms with Crippen molar-refractivity contribution in [2.24, 2.45) is 0 Å². The van der Waals surface area contributed by atoms with Crippen LogP contribution in [0.1, 0.15) is 12.5 Å². The quantitative estimate of drug-likeness (QED) is 0.649. The number of aromatic nitrogens is 4. The molecular weight excluding hydrogens is 372 g/mol. The number of rotatable bonds is 6. The zero-order valence-corrected chi connectivity index (χ0v) is 15.5. The van der Waals surface area contributed by atoms with Gasteiger partial charge in [-0.25, -0.2) is 0 Å². The Morgan fingerprint density at radius 1 is 1.38 bits per heavy atom. The average Bonchev–Trinajstić information content (AvgIpc) is 3.30. The second kappa shape index (κ2) is 7.99. The van der Waals surface area contributed by atoms with Gasteiger partial charge in [-0.05, 0) is 53.1 Å². The maximum Gasteiger partial charge on any atom is 0.238 e. The van der Waals surface area contributed by atoms with Gasteiger partial charge in [-0.3, -0.25) is 4.79 Å². The van der Waals surface area contributed by atoms with Crippen LogP contribution in [0.4, 0.5) is 5.00 Å². The molecular formula is C16H14N6O2S2. The third kappa shape index (κ3) is 3.84. The number of carbonyl (C=O) groups is 1. The van der Waals surface area contributed by atoms with Gasteiger partial charge in [-0.2, -0.15) is 9.94 Å². The number of nitrogens with zero attached hydrogens (tertiary/aromatic N) is 5. The standard InChI is InChI=1S/C16H14N6O2S2/c1-10(14(23)18-15-11(9-17)7-8-25-15)26-16-19-20-21-22(16)12-3-5-13(24-2)6-4-12/h3-8,10H,1-2H3,(H,18,23)/t10-/m0/s1. The summed E-state index contributed by atoms with van der Waals surface area (Å²) in [5.41, 5.74) is 1.21. The molecule has 0 aliphatic rings. The summed E-state index contributed by atoms with van der Waals surface area (Å²) >= 11 is 2.54. The molecule has 1 amide bonds. The molecule has 3 aromatic rings. The van der Waals surface area contributed by atoms with Crippen LogP contribution in [0.5, 0.6) is 5.75 Å². The summed E-state index contributed by atoms with van der Waals surface area (Å²) in [5, 5.41) is 25.8. The van der Waals surface area contributed by atoms with Gasteiger partial charge in [-0.15, -0.1) is 16.4 Å². The van der Waals surface area contributed by atoms with Crippen molar-refractivity contribution in [3.63, 3.8) is 0 Å². The van der Waals surface area contributed by atoms with Crippen molar-refractivity contribution < 1.29 is 9.53 Å². The van der Waals surface area contributed by atoms with E-state index in [9.17, 15) is 4.79 Å². The highest BCUT2D eigenvalue weighted by Gasteiger charge is 2.20. The molecule has 2 heterocycles. The number of thioether (sulfide) groups is 1. The van der Waals surface area contributed by atoms with E-state index in [0.717, 1.165) is 11.4 Å². The van der Waals surface area contributed by atoms with E-state index in [1.165, 1.54) is 23.1 Å². The van der Waals surface area contributed by atoms with Crippen LogP contribution in [-0.4, -0.2) is 38.5 Å². The first kappa shape index (κ1) is 17.9. The fourth-order valence-corrected chi connectivity index (χ4v) is 3.61. The van der Waals surface area contributed by atoms with E-state index in [-0.39, 0.29) is 5.91 Å². The molecule has 2 aromatic heterocycles. The minimum absolute atomic E-state index is 0.224. The van der Waals surface area contributed by atoms with Gasteiger partial charge in [0.25, 0.3) is 0 Å². The molecule has 0 fully saturated rings. The molecule has 1 aromatic carbocycles. The highest BCUT2D eigenvalue weighted by Crippen LogP contribution is 2.27. The maximum absolute atomic E-state index is 12.4. The second-order valence-electron chi connectivity index (χ2n) is 5.10. The molecule has 132 valence electrons. The number of nitrogens with one attached hydrogen (secondary N) is 1. The van der Waals surface area contributed by atoms with Crippen LogP contribution in [-0.2, 0) is 4.79 Å². The minimum Gasteiger partial charge on any atom is -0.497 e. The molecule has 10 heteroatoms. The lowest BCUT2D eigenvalue weighted by Gasteiger charge is -2.11. The van der Waals surface area contributed by atoms with Crippen LogP contribution < -0.4 is 10.1 Å². The Bertz CT molecular complexity index is 944. The van der Waals surface area contributed by atoms with Gasteiger partial charge in [-0.1, -0.05) is 11.8 Å². The summed E-state index contributed by atoms with van der Waals surface area (Å²) in [6, 6.07) is 11.0. The first-order valence-corrected chi connectivity index (χ1v) is 9.26. The first-order valence-electron chi connectivity index (χ1n) is 7.50. The number of hydrogen-bond acceptors (Lipinski definition) is 8. The summed E-state index contributed by atoms with van der Waals surface area (Å²) in [6.07, 6.45) is 0. The second-order valence-corrected chi connectivity index (χ2v) is 7.32. The Morgan fingerprint density at radius 2 is 2.15 bits per heavy atom. The van der Waals surface area contributed by atoms with Gasteiger partial charge in [0.1, 0.15) is 16.8 Å². The van der Waals surface area contributed by atoms with Crippen LogP contribution in [0.25, 0.3) is 5.69 Å². The molecule has 0 aliphatic carbocycles. The van der Waals surface area contributed by atoms with Crippen molar-refractivity contribution in [1.82, 2.24) is 20.2 Å². The molecule has 0 bridgehead atoms. The van der Waals surface area contributed by atoms with E-state index in [2.05, 4.69) is 20.8 Å². The molecule has 1 N–H and O–H groups in total. The molecule has 3 rings (SSSR count). The fraction of sp³-hybridized carbons (Fsp3) is 0.188. The fourth-order valence-electron chi connectivity index (χ4n) is 2.06. The number of nitriles is 1. The molecule has 0 saturated carbocycles. The van der Waals surface area contributed by atoms with Gasteiger partial charge < -0.3 is 10.1 Å². The Hall–Kier alpha value is -2.90. The highest BCUT2D eigenvalue weighted by atomic mass is 32.2. The lowest BCUT2D eigenvalue weighted by atomic mass is 10.3. The molecule has 8 nitrogen and oxygen atoms in total. The number of methoxy groups -OCH3 is 1. The van der Waals surface area contributed by atoms with E-state index < -0.39 is 5.25 Å². The van der Waals surface area contributed by atoms with Crippen molar-refractivity contribution in [3.8, 4) is 17.5 Å². The molecule has 0 saturated heterocycles. The molecule has 0 spiro atoms. The van der Waals surface area contributed by atoms with Crippen LogP contribution >= 0.6 is 23.1 Å². The number of thiophene rings is 1. The number of ether oxygens (including phenoxy) is 1. The van der Waals surface area contributed by atoms with Gasteiger partial charge in [0, 0.05) is 0 Å². The number of carbonyl (C=O) groups excluding carboxylic acids is 1. The van der Waals surface area contributed by atoms with Crippen LogP contribution in [0.3, 0.4) is 0 Å². The number of benzene rings is 1. The topological polar surface area (TPSA) is 106 Å². The Kier molecular flexibility index (Phi) is 5.50. The highest BCUT2D eigenvalue weighted by molar-refractivity contribution is 8.00. The predicted octanol–water partition coefficient (Wildman–Crippen LogP) is 2.72. The largest absolute Gasteiger partial charge is 0.497 e. The van der Waals surface area contributed by atoms with E-state index in [1.807, 2.05) is 30.3 Å². The van der Waals surface area contributed by atoms with Crippen molar-refractivity contribution in [2.75, 3.05) is 12.4 Å². The Labute approximate surface area is 157 Å². The molecule has 0 radical (unpaired) electrons. The number of amides is 1. The van der Waals surface area contributed by atoms with E-state index in [0.29, 0.717) is 15.7 Å². The number of tetrazole rings is 1. The van der Waals surface area contributed by atoms with Crippen molar-refractivity contribution in [3.05, 3.63) is 41.3 Å². The van der Waals surface area contributed by atoms with Crippen molar-refractivity contribution in [2.45, 2.75) is 17.3 Å². The van der Waals surface area contributed by atoms with Crippen molar-refractivity contribution in [1.29, 1.82) is 5.26 Å². The van der Waals surface area contributed by atoms with Crippen LogP contribution in [0, 0.1) is 11.3 Å². The average molecular weight is 386 g/mol. The summed E-state index contributed by atoms with van der Waals surface area (Å²) in [4.78, 5) is 12.4. The summed E-state index contributed by atoms with van der Waals surface area (Å²) < 4.78 is 6.70. The first-order chi connectivity index (χ1) is 12.6. The maximum atomic E-state index is 12.4. The summed E-state index contributed by atoms with van der Waals surface area (Å²) in [5.74, 6) is 0.506. The van der Waals surface area contributed by atoms with E-state index in [1.54, 1.807) is 30.2 Å². The third-order valence-electron chi connectivity index (χ3n) is 3.43. The third-order valence-corrected chi connectivity index (χ3v) is 5.29. The normalized spacial score (nSPS) is 11.6. The monoisotopic (exact) mass is 386 g/mol. The van der Waals surface area contributed by atoms with Crippen molar-refractivity contribution >= 4 is 34.0 Å². The Morgan fingerprint density at radius 3 is 2.85 bits per heavy atom. The lowest BCUT2D eigenvalue weighted by molar-refractivity contribution is -0.115. The zero-order chi connectivity index (χ0) is 18.5. The van der Waals surface area contributed by atoms with Gasteiger partial charge >= 0.3 is 0 Å². The number of anilines is 1. The SMILES string of the molecule is COc1ccc(-n2nnnc2S[C@@H](C)C(=O)Nc2sccc2C#N)cc1. The summed E-state index contributed by atoms with van der Waals surface area (Å²) in [7, 11) is 1.60. The minimum atomic E-state index is -0.452. The smallest absolute Gasteiger partial charge is 0.238 e. The summed E-state index contributed by atoms with van der Waals surface area (Å²) in [6.45, 7) is 1.76. The predicted molar refractivity (Wildman–Crippen MR) is 98.7 cm³/mol. The van der Waals surface area contributed by atoms with Gasteiger partial charge in [0.05, 0.1) is 23.6 Å². The molecule has 1 atom stereocenters. The number of hydrogen-bond donors (Lipinski definition) is 1. The van der Waals surface area contributed by atoms with E-state index in [4.69, 9.17) is 10.00 Å². The molecule has 0 aliphatic heterocycles. The lowest BCUT2D eigenvalue weighted by Crippen LogP contribution is -2.22. The van der Waals surface area contributed by atoms with E-state index >= 15 is 0 Å². The van der Waals surface area contributed by atoms with Crippen LogP contribution in [0.15, 0.2) is 40.9 Å². The van der Waals surface area contributed by atoms with Crippen LogP contribution in [0.2, 0.25) is 0 Å². The molecule has 0 unspecified atom stereocenters. The van der Waals surface area contributed by atoms with Gasteiger partial charge in [0.15, 0.2) is 0 Å².